The smallest absolute Gasteiger partial charge is 0.292 e. The molecule has 0 saturated carbocycles. The molecule has 0 atom stereocenters. The normalized spacial score (nSPS) is 19.3. The van der Waals surface area contributed by atoms with Gasteiger partial charge in [0.15, 0.2) is 0 Å². The van der Waals surface area contributed by atoms with E-state index < -0.39 is 10.5 Å². The minimum Gasteiger partial charge on any atom is -0.393 e. The molecule has 6 heteroatoms. The molecule has 1 heterocycles. The average molecular weight is 265 g/mol. The molecule has 0 unspecified atom stereocenters. The first kappa shape index (κ1) is 13.8. The van der Waals surface area contributed by atoms with E-state index in [9.17, 15) is 15.2 Å². The number of hydrogen-bond acceptors (Lipinski definition) is 5. The third-order valence-electron chi connectivity index (χ3n) is 3.70. The number of anilines is 1. The van der Waals surface area contributed by atoms with E-state index in [0.717, 1.165) is 18.7 Å². The van der Waals surface area contributed by atoms with Gasteiger partial charge in [-0.3, -0.25) is 15.0 Å². The second-order valence-electron chi connectivity index (χ2n) is 5.38. The van der Waals surface area contributed by atoms with E-state index in [1.54, 1.807) is 6.07 Å². The van der Waals surface area contributed by atoms with Crippen LogP contribution in [0, 0.1) is 10.1 Å². The number of nitro benzene ring substituents is 1. The summed E-state index contributed by atoms with van der Waals surface area (Å²) in [5.41, 5.74) is 6.22. The van der Waals surface area contributed by atoms with Crippen molar-refractivity contribution < 1.29 is 10.0 Å². The largest absolute Gasteiger partial charge is 0.393 e. The predicted octanol–water partition coefficient (Wildman–Crippen LogP) is 1.52. The van der Waals surface area contributed by atoms with Crippen LogP contribution < -0.4 is 5.73 Å². The zero-order valence-corrected chi connectivity index (χ0v) is 11.0. The van der Waals surface area contributed by atoms with Gasteiger partial charge in [-0.1, -0.05) is 12.1 Å². The van der Waals surface area contributed by atoms with Gasteiger partial charge < -0.3 is 10.8 Å². The monoisotopic (exact) mass is 265 g/mol. The maximum Gasteiger partial charge on any atom is 0.292 e. The molecule has 2 rings (SSSR count). The van der Waals surface area contributed by atoms with Crippen LogP contribution in [-0.4, -0.2) is 33.6 Å². The van der Waals surface area contributed by atoms with E-state index in [-0.39, 0.29) is 11.4 Å². The molecule has 0 aliphatic carbocycles. The lowest BCUT2D eigenvalue weighted by atomic mass is 9.93. The predicted molar refractivity (Wildman–Crippen MR) is 72.6 cm³/mol. The molecule has 0 amide bonds. The molecule has 0 spiro atoms. The van der Waals surface area contributed by atoms with Crippen LogP contribution in [0.15, 0.2) is 18.2 Å². The van der Waals surface area contributed by atoms with Gasteiger partial charge in [-0.25, -0.2) is 0 Å². The van der Waals surface area contributed by atoms with E-state index in [1.807, 2.05) is 13.0 Å². The Kier molecular flexibility index (Phi) is 3.73. The Morgan fingerprint density at radius 1 is 1.47 bits per heavy atom. The highest BCUT2D eigenvalue weighted by Gasteiger charge is 2.27. The van der Waals surface area contributed by atoms with Crippen LogP contribution in [0.5, 0.6) is 0 Å². The van der Waals surface area contributed by atoms with Crippen LogP contribution in [0.2, 0.25) is 0 Å². The summed E-state index contributed by atoms with van der Waals surface area (Å²) in [6.07, 6.45) is 1.42. The van der Waals surface area contributed by atoms with Crippen molar-refractivity contribution in [2.45, 2.75) is 31.9 Å². The Morgan fingerprint density at radius 3 is 2.68 bits per heavy atom. The lowest BCUT2D eigenvalue weighted by Crippen LogP contribution is -2.42. The third-order valence-corrected chi connectivity index (χ3v) is 3.70. The van der Waals surface area contributed by atoms with Gasteiger partial charge in [-0.2, -0.15) is 0 Å². The van der Waals surface area contributed by atoms with Gasteiger partial charge in [0.05, 0.1) is 10.5 Å². The van der Waals surface area contributed by atoms with Crippen molar-refractivity contribution in [2.75, 3.05) is 18.8 Å². The van der Waals surface area contributed by atoms with Gasteiger partial charge in [-0.05, 0) is 25.3 Å². The Labute approximate surface area is 112 Å². The third kappa shape index (κ3) is 3.21. The molecule has 1 aliphatic rings. The van der Waals surface area contributed by atoms with Crippen molar-refractivity contribution in [3.05, 3.63) is 33.9 Å². The topological polar surface area (TPSA) is 92.6 Å². The molecule has 3 N–H and O–H groups in total. The van der Waals surface area contributed by atoms with Crippen LogP contribution in [0.1, 0.15) is 25.3 Å². The second-order valence-corrected chi connectivity index (χ2v) is 5.38. The van der Waals surface area contributed by atoms with Gasteiger partial charge in [-0.15, -0.1) is 0 Å². The van der Waals surface area contributed by atoms with Gasteiger partial charge in [0.2, 0.25) is 0 Å². The number of aliphatic hydroxyl groups is 1. The summed E-state index contributed by atoms with van der Waals surface area (Å²) in [4.78, 5) is 12.5. The van der Waals surface area contributed by atoms with Gasteiger partial charge in [0.25, 0.3) is 5.69 Å². The molecule has 1 aliphatic heterocycles. The summed E-state index contributed by atoms with van der Waals surface area (Å²) in [7, 11) is 0. The fourth-order valence-electron chi connectivity index (χ4n) is 2.33. The molecular formula is C13H19N3O3. The Hall–Kier alpha value is -1.66. The molecule has 0 bridgehead atoms. The summed E-state index contributed by atoms with van der Waals surface area (Å²) in [6.45, 7) is 3.97. The molecule has 1 aromatic rings. The summed E-state index contributed by atoms with van der Waals surface area (Å²) >= 11 is 0. The molecule has 1 saturated heterocycles. The first-order chi connectivity index (χ1) is 8.89. The molecule has 0 radical (unpaired) electrons. The van der Waals surface area contributed by atoms with Crippen molar-refractivity contribution in [1.29, 1.82) is 0 Å². The van der Waals surface area contributed by atoms with Crippen LogP contribution in [0.3, 0.4) is 0 Å². The van der Waals surface area contributed by atoms with Crippen LogP contribution in [-0.2, 0) is 6.54 Å². The zero-order chi connectivity index (χ0) is 14.0. The highest BCUT2D eigenvalue weighted by molar-refractivity contribution is 5.62. The molecule has 0 aromatic heterocycles. The first-order valence-corrected chi connectivity index (χ1v) is 6.35. The number of rotatable bonds is 3. The number of nitro groups is 1. The molecule has 104 valence electrons. The van der Waals surface area contributed by atoms with E-state index >= 15 is 0 Å². The minimum atomic E-state index is -0.593. The summed E-state index contributed by atoms with van der Waals surface area (Å²) < 4.78 is 0. The van der Waals surface area contributed by atoms with E-state index in [2.05, 4.69) is 4.90 Å². The van der Waals surface area contributed by atoms with E-state index in [1.165, 1.54) is 6.07 Å². The molecule has 1 aromatic carbocycles. The van der Waals surface area contributed by atoms with E-state index in [0.29, 0.717) is 19.4 Å². The van der Waals surface area contributed by atoms with Gasteiger partial charge in [0, 0.05) is 25.7 Å². The lowest BCUT2D eigenvalue weighted by Gasteiger charge is -2.35. The molecule has 6 nitrogen and oxygen atoms in total. The number of nitrogen functional groups attached to an aromatic ring is 1. The van der Waals surface area contributed by atoms with E-state index in [4.69, 9.17) is 5.73 Å². The highest BCUT2D eigenvalue weighted by atomic mass is 16.6. The number of nitrogens with zero attached hydrogens (tertiary/aromatic N) is 2. The fraction of sp³-hybridized carbons (Fsp3) is 0.538. The zero-order valence-electron chi connectivity index (χ0n) is 11.0. The summed E-state index contributed by atoms with van der Waals surface area (Å²) in [5.74, 6) is 0. The number of benzene rings is 1. The first-order valence-electron chi connectivity index (χ1n) is 6.35. The standard InChI is InChI=1S/C13H19N3O3/c1-13(17)5-7-15(8-6-13)9-10-3-2-4-11(12(10)14)16(18)19/h2-4,17H,5-9,14H2,1H3. The Morgan fingerprint density at radius 2 is 2.11 bits per heavy atom. The second kappa shape index (κ2) is 5.14. The van der Waals surface area contributed by atoms with Gasteiger partial charge >= 0.3 is 0 Å². The van der Waals surface area contributed by atoms with Crippen molar-refractivity contribution in [3.63, 3.8) is 0 Å². The maximum atomic E-state index is 10.8. The van der Waals surface area contributed by atoms with Crippen LogP contribution in [0.25, 0.3) is 0 Å². The van der Waals surface area contributed by atoms with Crippen molar-refractivity contribution in [1.82, 2.24) is 4.90 Å². The number of para-hydroxylation sites is 1. The lowest BCUT2D eigenvalue weighted by molar-refractivity contribution is -0.384. The Bertz CT molecular complexity index is 478. The van der Waals surface area contributed by atoms with Crippen molar-refractivity contribution in [3.8, 4) is 0 Å². The number of likely N-dealkylation sites (tertiary alicyclic amines) is 1. The molecule has 19 heavy (non-hydrogen) atoms. The Balaban J connectivity index is 2.08. The quantitative estimate of drug-likeness (QED) is 0.491. The minimum absolute atomic E-state index is 0.0403. The van der Waals surface area contributed by atoms with Crippen molar-refractivity contribution >= 4 is 11.4 Å². The highest BCUT2D eigenvalue weighted by Crippen LogP contribution is 2.28. The van der Waals surface area contributed by atoms with Crippen LogP contribution in [0.4, 0.5) is 11.4 Å². The van der Waals surface area contributed by atoms with Crippen LogP contribution >= 0.6 is 0 Å². The average Bonchev–Trinajstić information content (AvgIpc) is 2.34. The number of piperidine rings is 1. The van der Waals surface area contributed by atoms with Gasteiger partial charge in [0.1, 0.15) is 5.69 Å². The number of nitrogens with two attached hydrogens (primary N) is 1. The summed E-state index contributed by atoms with van der Waals surface area (Å²) in [5, 5.41) is 20.7. The SMILES string of the molecule is CC1(O)CCN(Cc2cccc([N+](=O)[O-])c2N)CC1. The molecule has 1 fully saturated rings. The maximum absolute atomic E-state index is 10.8. The fourth-order valence-corrected chi connectivity index (χ4v) is 2.33. The van der Waals surface area contributed by atoms with Crippen molar-refractivity contribution in [2.24, 2.45) is 0 Å². The summed E-state index contributed by atoms with van der Waals surface area (Å²) in [6, 6.07) is 4.89. The molecular weight excluding hydrogens is 246 g/mol. The number of hydrogen-bond donors (Lipinski definition) is 2.